The zero-order chi connectivity index (χ0) is 28.5. The number of nitrogens with one attached hydrogen (secondary N) is 1. The first kappa shape index (κ1) is 30.4. The maximum Gasteiger partial charge on any atom is 0.290 e. The highest BCUT2D eigenvalue weighted by atomic mass is 19.1. The third-order valence-corrected chi connectivity index (χ3v) is 5.76. The molecule has 2 aromatic heterocycles. The minimum absolute atomic E-state index is 0.0108. The van der Waals surface area contributed by atoms with Crippen LogP contribution in [0.3, 0.4) is 0 Å². The molecule has 0 aliphatic heterocycles. The number of rotatable bonds is 6. The van der Waals surface area contributed by atoms with E-state index < -0.39 is 11.6 Å². The predicted octanol–water partition coefficient (Wildman–Crippen LogP) is 5.93. The number of imidazole rings is 1. The summed E-state index contributed by atoms with van der Waals surface area (Å²) in [5.41, 5.74) is 2.93. The Labute approximate surface area is 221 Å². The van der Waals surface area contributed by atoms with Gasteiger partial charge in [0.1, 0.15) is 17.5 Å². The Morgan fingerprint density at radius 2 is 1.76 bits per heavy atom. The van der Waals surface area contributed by atoms with Gasteiger partial charge in [0.15, 0.2) is 0 Å². The molecule has 2 aromatic carbocycles. The number of hydrogen-bond donors (Lipinski definition) is 2. The van der Waals surface area contributed by atoms with E-state index in [9.17, 15) is 9.18 Å². The maximum absolute atomic E-state index is 15.0. The normalized spacial score (nSPS) is 10.8. The Morgan fingerprint density at radius 1 is 1.08 bits per heavy atom. The molecule has 2 heterocycles. The molecule has 7 nitrogen and oxygen atoms in total. The summed E-state index contributed by atoms with van der Waals surface area (Å²) < 4.78 is 37.2. The van der Waals surface area contributed by atoms with Gasteiger partial charge in [-0.2, -0.15) is 0 Å². The van der Waals surface area contributed by atoms with Crippen molar-refractivity contribution in [2.24, 2.45) is 0 Å². The highest BCUT2D eigenvalue weighted by Gasteiger charge is 2.19. The van der Waals surface area contributed by atoms with Crippen molar-refractivity contribution in [3.05, 3.63) is 87.5 Å². The topological polar surface area (TPSA) is 97.2 Å². The molecule has 0 saturated heterocycles. The molecule has 0 atom stereocenters. The van der Waals surface area contributed by atoms with Crippen LogP contribution in [0.1, 0.15) is 51.6 Å². The van der Waals surface area contributed by atoms with E-state index in [0.717, 1.165) is 17.1 Å². The fourth-order valence-electron chi connectivity index (χ4n) is 3.91. The van der Waals surface area contributed by atoms with Crippen LogP contribution in [0.4, 0.5) is 8.78 Å². The minimum atomic E-state index is -0.608. The quantitative estimate of drug-likeness (QED) is 0.303. The second kappa shape index (κ2) is 13.6. The number of benzene rings is 2. The van der Waals surface area contributed by atoms with Gasteiger partial charge in [-0.1, -0.05) is 46.8 Å². The SMILES string of the molecule is CC.COCCn1c(Cc2cc(F)c(-c3cccc(=O)[nH]3)cc2F)nc2ccc(C(C)(C)C)cc21.O=CO. The van der Waals surface area contributed by atoms with E-state index in [0.29, 0.717) is 19.0 Å². The van der Waals surface area contributed by atoms with E-state index in [1.165, 1.54) is 29.8 Å². The molecule has 9 heteroatoms. The fraction of sp³-hybridized carbons (Fsp3) is 0.345. The van der Waals surface area contributed by atoms with Crippen LogP contribution >= 0.6 is 0 Å². The number of hydrogen-bond acceptors (Lipinski definition) is 4. The van der Waals surface area contributed by atoms with Crippen LogP contribution in [-0.4, -0.2) is 39.8 Å². The molecule has 38 heavy (non-hydrogen) atoms. The largest absolute Gasteiger partial charge is 0.483 e. The molecule has 0 unspecified atom stereocenters. The first-order valence-electron chi connectivity index (χ1n) is 12.3. The summed E-state index contributed by atoms with van der Waals surface area (Å²) in [6.45, 7) is 11.2. The molecule has 0 bridgehead atoms. The van der Waals surface area contributed by atoms with E-state index in [1.807, 2.05) is 24.5 Å². The van der Waals surface area contributed by atoms with Gasteiger partial charge in [0.25, 0.3) is 6.47 Å². The van der Waals surface area contributed by atoms with Gasteiger partial charge in [0.2, 0.25) is 5.56 Å². The summed E-state index contributed by atoms with van der Waals surface area (Å²) in [5, 5.41) is 6.89. The van der Waals surface area contributed by atoms with Crippen molar-refractivity contribution in [2.75, 3.05) is 13.7 Å². The second-order valence-corrected chi connectivity index (χ2v) is 9.26. The Kier molecular flexibility index (Phi) is 10.9. The van der Waals surface area contributed by atoms with Gasteiger partial charge in [-0.05, 0) is 46.9 Å². The molecule has 0 aliphatic rings. The summed E-state index contributed by atoms with van der Waals surface area (Å²) in [6.07, 6.45) is 0.123. The standard InChI is InChI=1S/C26H27F2N3O2.C2H6.CH2O2/c1-26(2,3)17-8-9-22-23(14-17)31(10-11-33-4)24(29-22)13-16-12-20(28)18(15-19(16)27)21-6-5-7-25(32)30-21;1-2;2-1-3/h5-9,12,14-15H,10-11,13H2,1-4H3,(H,30,32);1-2H3;1H,(H,2,3). The number of aromatic amines is 1. The number of pyridine rings is 1. The monoisotopic (exact) mass is 527 g/mol. The molecular weight excluding hydrogens is 492 g/mol. The Balaban J connectivity index is 0.000000947. The molecule has 4 rings (SSSR count). The highest BCUT2D eigenvalue weighted by Crippen LogP contribution is 2.29. The van der Waals surface area contributed by atoms with E-state index in [-0.39, 0.29) is 40.7 Å². The second-order valence-electron chi connectivity index (χ2n) is 9.26. The van der Waals surface area contributed by atoms with Crippen molar-refractivity contribution >= 4 is 17.5 Å². The van der Waals surface area contributed by atoms with Gasteiger partial charge in [0, 0.05) is 31.7 Å². The lowest BCUT2D eigenvalue weighted by atomic mass is 9.87. The molecule has 0 spiro atoms. The minimum Gasteiger partial charge on any atom is -0.483 e. The zero-order valence-electron chi connectivity index (χ0n) is 22.6. The molecule has 0 saturated carbocycles. The van der Waals surface area contributed by atoms with Crippen molar-refractivity contribution in [3.8, 4) is 11.3 Å². The molecule has 204 valence electrons. The third-order valence-electron chi connectivity index (χ3n) is 5.76. The van der Waals surface area contributed by atoms with Crippen LogP contribution in [0, 0.1) is 11.6 Å². The van der Waals surface area contributed by atoms with Crippen LogP contribution in [0.15, 0.2) is 53.3 Å². The maximum atomic E-state index is 15.0. The number of fused-ring (bicyclic) bond motifs is 1. The predicted molar refractivity (Wildman–Crippen MR) is 146 cm³/mol. The van der Waals surface area contributed by atoms with Gasteiger partial charge in [-0.15, -0.1) is 0 Å². The van der Waals surface area contributed by atoms with Gasteiger partial charge >= 0.3 is 0 Å². The number of carbonyl (C=O) groups is 1. The Bertz CT molecular complexity index is 1420. The van der Waals surface area contributed by atoms with Crippen LogP contribution in [0.2, 0.25) is 0 Å². The molecule has 0 amide bonds. The van der Waals surface area contributed by atoms with Crippen LogP contribution in [0.25, 0.3) is 22.3 Å². The summed E-state index contributed by atoms with van der Waals surface area (Å²) in [6, 6.07) is 12.8. The number of halogens is 2. The highest BCUT2D eigenvalue weighted by molar-refractivity contribution is 5.77. The van der Waals surface area contributed by atoms with Gasteiger partial charge in [-0.25, -0.2) is 13.8 Å². The van der Waals surface area contributed by atoms with E-state index >= 15 is 4.39 Å². The Morgan fingerprint density at radius 3 is 2.37 bits per heavy atom. The van der Waals surface area contributed by atoms with E-state index in [2.05, 4.69) is 37.9 Å². The van der Waals surface area contributed by atoms with Crippen LogP contribution in [-0.2, 0) is 27.9 Å². The van der Waals surface area contributed by atoms with Gasteiger partial charge in [0.05, 0.1) is 23.3 Å². The first-order chi connectivity index (χ1) is 18.1. The molecule has 0 fully saturated rings. The molecule has 2 N–H and O–H groups in total. The lowest BCUT2D eigenvalue weighted by molar-refractivity contribution is -0.122. The van der Waals surface area contributed by atoms with Crippen molar-refractivity contribution in [3.63, 3.8) is 0 Å². The summed E-state index contributed by atoms with van der Waals surface area (Å²) in [7, 11) is 1.63. The average molecular weight is 528 g/mol. The van der Waals surface area contributed by atoms with Crippen molar-refractivity contribution < 1.29 is 23.4 Å². The lowest BCUT2D eigenvalue weighted by Crippen LogP contribution is -2.12. The van der Waals surface area contributed by atoms with Crippen LogP contribution < -0.4 is 5.56 Å². The first-order valence-corrected chi connectivity index (χ1v) is 12.3. The number of methoxy groups -OCH3 is 1. The number of aromatic nitrogens is 3. The third kappa shape index (κ3) is 7.35. The average Bonchev–Trinajstić information content (AvgIpc) is 3.22. The summed E-state index contributed by atoms with van der Waals surface area (Å²) in [5.74, 6) is -0.535. The van der Waals surface area contributed by atoms with Crippen molar-refractivity contribution in [1.29, 1.82) is 0 Å². The van der Waals surface area contributed by atoms with Crippen molar-refractivity contribution in [2.45, 2.75) is 53.0 Å². The van der Waals surface area contributed by atoms with Crippen LogP contribution in [0.5, 0.6) is 0 Å². The van der Waals surface area contributed by atoms with E-state index in [4.69, 9.17) is 19.6 Å². The van der Waals surface area contributed by atoms with Gasteiger partial charge < -0.3 is 19.4 Å². The molecular formula is C29H35F2N3O4. The fourth-order valence-corrected chi connectivity index (χ4v) is 3.91. The molecule has 0 aliphatic carbocycles. The summed E-state index contributed by atoms with van der Waals surface area (Å²) >= 11 is 0. The number of carboxylic acid groups (broad SMARTS) is 1. The lowest BCUT2D eigenvalue weighted by Gasteiger charge is -2.19. The number of ether oxygens (including phenoxy) is 1. The van der Waals surface area contributed by atoms with Crippen molar-refractivity contribution in [1.82, 2.24) is 14.5 Å². The molecule has 4 aromatic rings. The smallest absolute Gasteiger partial charge is 0.290 e. The zero-order valence-corrected chi connectivity index (χ0v) is 22.6. The Hall–Kier alpha value is -3.85. The van der Waals surface area contributed by atoms with E-state index in [1.54, 1.807) is 7.11 Å². The number of nitrogens with zero attached hydrogens (tertiary/aromatic N) is 2. The molecule has 0 radical (unpaired) electrons. The summed E-state index contributed by atoms with van der Waals surface area (Å²) in [4.78, 5) is 27.2. The number of H-pyrrole nitrogens is 1. The van der Waals surface area contributed by atoms with Gasteiger partial charge in [-0.3, -0.25) is 9.59 Å².